The van der Waals surface area contributed by atoms with E-state index in [0.717, 1.165) is 12.8 Å². The van der Waals surface area contributed by atoms with Crippen LogP contribution >= 0.6 is 0 Å². The molecule has 0 radical (unpaired) electrons. The van der Waals surface area contributed by atoms with Crippen molar-refractivity contribution in [3.63, 3.8) is 0 Å². The topological polar surface area (TPSA) is 46.2 Å². The van der Waals surface area contributed by atoms with Gasteiger partial charge in [-0.15, -0.1) is 0 Å². The predicted octanol–water partition coefficient (Wildman–Crippen LogP) is 1.28. The van der Waals surface area contributed by atoms with Crippen molar-refractivity contribution in [2.75, 3.05) is 6.61 Å². The lowest BCUT2D eigenvalue weighted by atomic mass is 9.64. The fourth-order valence-corrected chi connectivity index (χ4v) is 1.89. The van der Waals surface area contributed by atoms with Crippen LogP contribution in [0.3, 0.4) is 0 Å². The minimum absolute atomic E-state index is 0.111. The van der Waals surface area contributed by atoms with Crippen LogP contribution in [0.15, 0.2) is 0 Å². The Labute approximate surface area is 68.8 Å². The molecule has 1 unspecified atom stereocenters. The van der Waals surface area contributed by atoms with Crippen molar-refractivity contribution in [2.24, 2.45) is 11.1 Å². The maximum Gasteiger partial charge on any atom is 0.0616 e. The highest BCUT2D eigenvalue weighted by Gasteiger charge is 2.42. The van der Waals surface area contributed by atoms with Gasteiger partial charge in [0.15, 0.2) is 0 Å². The Bertz CT molecular complexity index is 144. The van der Waals surface area contributed by atoms with Crippen LogP contribution in [0.1, 0.15) is 39.5 Å². The van der Waals surface area contributed by atoms with Gasteiger partial charge in [-0.05, 0) is 18.3 Å². The summed E-state index contributed by atoms with van der Waals surface area (Å²) < 4.78 is 0. The van der Waals surface area contributed by atoms with Crippen molar-refractivity contribution in [3.05, 3.63) is 0 Å². The van der Waals surface area contributed by atoms with Crippen molar-refractivity contribution < 1.29 is 5.11 Å². The molecule has 1 rings (SSSR count). The molecule has 1 fully saturated rings. The van der Waals surface area contributed by atoms with Crippen LogP contribution < -0.4 is 5.73 Å². The van der Waals surface area contributed by atoms with Crippen molar-refractivity contribution in [1.29, 1.82) is 0 Å². The fraction of sp³-hybridized carbons (Fsp3) is 1.00. The van der Waals surface area contributed by atoms with Crippen LogP contribution in [0, 0.1) is 5.41 Å². The molecule has 0 aromatic heterocycles. The van der Waals surface area contributed by atoms with Gasteiger partial charge in [0.2, 0.25) is 0 Å². The molecular weight excluding hydrogens is 138 g/mol. The highest BCUT2D eigenvalue weighted by atomic mass is 16.3. The molecule has 2 nitrogen and oxygen atoms in total. The quantitative estimate of drug-likeness (QED) is 0.602. The second-order valence-corrected chi connectivity index (χ2v) is 4.41. The van der Waals surface area contributed by atoms with Crippen LogP contribution in [0.4, 0.5) is 0 Å². The van der Waals surface area contributed by atoms with E-state index >= 15 is 0 Å². The van der Waals surface area contributed by atoms with Gasteiger partial charge >= 0.3 is 0 Å². The third-order valence-electron chi connectivity index (χ3n) is 3.30. The van der Waals surface area contributed by atoms with Crippen LogP contribution in [-0.2, 0) is 0 Å². The molecular formula is C9H19NO. The molecule has 1 aliphatic rings. The maximum absolute atomic E-state index is 9.16. The van der Waals surface area contributed by atoms with Gasteiger partial charge in [0, 0.05) is 5.54 Å². The molecule has 0 heterocycles. The smallest absolute Gasteiger partial charge is 0.0616 e. The largest absolute Gasteiger partial charge is 0.394 e. The Balaban J connectivity index is 2.74. The molecule has 11 heavy (non-hydrogen) atoms. The number of nitrogens with two attached hydrogens (primary N) is 1. The molecule has 0 saturated heterocycles. The van der Waals surface area contributed by atoms with E-state index in [9.17, 15) is 0 Å². The standard InChI is InChI=1S/C9H19NO/c1-8(2)5-3-4-6-9(8,10)7-11/h11H,3-7,10H2,1-2H3. The van der Waals surface area contributed by atoms with E-state index in [1.807, 2.05) is 0 Å². The Kier molecular flexibility index (Phi) is 2.26. The average Bonchev–Trinajstić information content (AvgIpc) is 1.95. The maximum atomic E-state index is 9.16. The molecule has 0 bridgehead atoms. The van der Waals surface area contributed by atoms with Gasteiger partial charge in [-0.1, -0.05) is 26.7 Å². The van der Waals surface area contributed by atoms with E-state index in [2.05, 4.69) is 13.8 Å². The summed E-state index contributed by atoms with van der Waals surface area (Å²) in [5.41, 5.74) is 5.87. The van der Waals surface area contributed by atoms with Crippen molar-refractivity contribution in [2.45, 2.75) is 45.1 Å². The first-order chi connectivity index (χ1) is 5.02. The first-order valence-electron chi connectivity index (χ1n) is 4.42. The molecule has 0 aliphatic heterocycles. The van der Waals surface area contributed by atoms with Crippen LogP contribution in [-0.4, -0.2) is 17.3 Å². The van der Waals surface area contributed by atoms with Gasteiger partial charge < -0.3 is 10.8 Å². The minimum Gasteiger partial charge on any atom is -0.394 e. The summed E-state index contributed by atoms with van der Waals surface area (Å²) >= 11 is 0. The van der Waals surface area contributed by atoms with Gasteiger partial charge in [0.25, 0.3) is 0 Å². The second-order valence-electron chi connectivity index (χ2n) is 4.41. The van der Waals surface area contributed by atoms with Gasteiger partial charge in [-0.25, -0.2) is 0 Å². The lowest BCUT2D eigenvalue weighted by Crippen LogP contribution is -2.57. The van der Waals surface area contributed by atoms with E-state index in [1.54, 1.807) is 0 Å². The van der Waals surface area contributed by atoms with E-state index in [0.29, 0.717) is 0 Å². The fourth-order valence-electron chi connectivity index (χ4n) is 1.89. The summed E-state index contributed by atoms with van der Waals surface area (Å²) in [6.45, 7) is 4.44. The summed E-state index contributed by atoms with van der Waals surface area (Å²) in [6, 6.07) is 0. The summed E-state index contributed by atoms with van der Waals surface area (Å²) in [7, 11) is 0. The highest BCUT2D eigenvalue weighted by molar-refractivity contribution is 4.99. The van der Waals surface area contributed by atoms with E-state index in [1.165, 1.54) is 12.8 Å². The second kappa shape index (κ2) is 2.76. The number of hydrogen-bond acceptors (Lipinski definition) is 2. The van der Waals surface area contributed by atoms with Crippen LogP contribution in [0.2, 0.25) is 0 Å². The summed E-state index contributed by atoms with van der Waals surface area (Å²) in [5.74, 6) is 0. The van der Waals surface area contributed by atoms with Crippen LogP contribution in [0.25, 0.3) is 0 Å². The molecule has 66 valence electrons. The third kappa shape index (κ3) is 1.42. The molecule has 0 amide bonds. The first kappa shape index (κ1) is 9.01. The summed E-state index contributed by atoms with van der Waals surface area (Å²) in [5, 5.41) is 9.16. The Morgan fingerprint density at radius 2 is 1.82 bits per heavy atom. The van der Waals surface area contributed by atoms with Gasteiger partial charge in [0.1, 0.15) is 0 Å². The molecule has 3 N–H and O–H groups in total. The predicted molar refractivity (Wildman–Crippen MR) is 46.3 cm³/mol. The van der Waals surface area contributed by atoms with Crippen molar-refractivity contribution in [1.82, 2.24) is 0 Å². The van der Waals surface area contributed by atoms with E-state index in [4.69, 9.17) is 10.8 Å². The molecule has 1 aliphatic carbocycles. The van der Waals surface area contributed by atoms with Crippen molar-refractivity contribution in [3.8, 4) is 0 Å². The van der Waals surface area contributed by atoms with E-state index < -0.39 is 0 Å². The molecule has 0 spiro atoms. The number of rotatable bonds is 1. The summed E-state index contributed by atoms with van der Waals surface area (Å²) in [4.78, 5) is 0. The highest BCUT2D eigenvalue weighted by Crippen LogP contribution is 2.41. The molecule has 2 heteroatoms. The molecule has 0 aromatic carbocycles. The normalized spacial score (nSPS) is 37.1. The zero-order chi connectivity index (χ0) is 8.54. The SMILES string of the molecule is CC1(C)CCCCC1(N)CO. The minimum atomic E-state index is -0.328. The number of hydrogen-bond donors (Lipinski definition) is 2. The zero-order valence-corrected chi connectivity index (χ0v) is 7.56. The first-order valence-corrected chi connectivity index (χ1v) is 4.42. The molecule has 0 aromatic rings. The number of aliphatic hydroxyl groups excluding tert-OH is 1. The number of aliphatic hydroxyl groups is 1. The molecule has 1 saturated carbocycles. The monoisotopic (exact) mass is 157 g/mol. The summed E-state index contributed by atoms with van der Waals surface area (Å²) in [6.07, 6.45) is 4.53. The molecule has 1 atom stereocenters. The van der Waals surface area contributed by atoms with E-state index in [-0.39, 0.29) is 17.6 Å². The third-order valence-corrected chi connectivity index (χ3v) is 3.30. The van der Waals surface area contributed by atoms with Gasteiger partial charge in [-0.2, -0.15) is 0 Å². The van der Waals surface area contributed by atoms with Crippen molar-refractivity contribution >= 4 is 0 Å². The van der Waals surface area contributed by atoms with Crippen LogP contribution in [0.5, 0.6) is 0 Å². The average molecular weight is 157 g/mol. The Morgan fingerprint density at radius 3 is 2.18 bits per heavy atom. The zero-order valence-electron chi connectivity index (χ0n) is 7.56. The van der Waals surface area contributed by atoms with Gasteiger partial charge in [-0.3, -0.25) is 0 Å². The lowest BCUT2D eigenvalue weighted by Gasteiger charge is -2.46. The lowest BCUT2D eigenvalue weighted by molar-refractivity contribution is 0.0417. The van der Waals surface area contributed by atoms with Gasteiger partial charge in [0.05, 0.1) is 6.61 Å². The Hall–Kier alpha value is -0.0800. The Morgan fingerprint density at radius 1 is 1.27 bits per heavy atom.